The van der Waals surface area contributed by atoms with Crippen molar-refractivity contribution in [1.82, 2.24) is 4.57 Å². The second-order valence-corrected chi connectivity index (χ2v) is 8.56. The van der Waals surface area contributed by atoms with Crippen LogP contribution in [0.3, 0.4) is 0 Å². The van der Waals surface area contributed by atoms with Crippen LogP contribution in [0.5, 0.6) is 0 Å². The third-order valence-electron chi connectivity index (χ3n) is 4.53. The van der Waals surface area contributed by atoms with Crippen LogP contribution < -0.4 is 4.90 Å². The van der Waals surface area contributed by atoms with Gasteiger partial charge in [-0.1, -0.05) is 59.8 Å². The Morgan fingerprint density at radius 3 is 2.70 bits per heavy atom. The molecule has 2 heterocycles. The van der Waals surface area contributed by atoms with Crippen molar-refractivity contribution >= 4 is 63.3 Å². The maximum Gasteiger partial charge on any atom is 0.274 e. The van der Waals surface area contributed by atoms with Crippen molar-refractivity contribution < 1.29 is 9.72 Å². The SMILES string of the molecule is O=C1/C(=C/c2cccn2Cc2ccccc2[N+](=O)[O-])SC(=S)N1c1cccc(Cl)c1. The second kappa shape index (κ2) is 8.43. The van der Waals surface area contributed by atoms with Crippen LogP contribution in [0.15, 0.2) is 71.8 Å². The zero-order valence-electron chi connectivity index (χ0n) is 15.4. The average Bonchev–Trinajstić information content (AvgIpc) is 3.26. The minimum atomic E-state index is -0.394. The van der Waals surface area contributed by atoms with Crippen LogP contribution in [-0.4, -0.2) is 19.7 Å². The Balaban J connectivity index is 1.63. The topological polar surface area (TPSA) is 68.4 Å². The van der Waals surface area contributed by atoms with Crippen LogP contribution in [0.25, 0.3) is 6.08 Å². The number of thioether (sulfide) groups is 1. The summed E-state index contributed by atoms with van der Waals surface area (Å²) in [6.45, 7) is 0.310. The lowest BCUT2D eigenvalue weighted by Crippen LogP contribution is -2.27. The van der Waals surface area contributed by atoms with Gasteiger partial charge in [0.25, 0.3) is 11.6 Å². The summed E-state index contributed by atoms with van der Waals surface area (Å²) in [5.41, 5.74) is 2.01. The summed E-state index contributed by atoms with van der Waals surface area (Å²) in [6.07, 6.45) is 3.57. The summed E-state index contributed by atoms with van der Waals surface area (Å²) < 4.78 is 2.28. The molecule has 150 valence electrons. The second-order valence-electron chi connectivity index (χ2n) is 6.44. The van der Waals surface area contributed by atoms with Crippen LogP contribution in [0, 0.1) is 10.1 Å². The van der Waals surface area contributed by atoms with E-state index in [4.69, 9.17) is 23.8 Å². The number of aromatic nitrogens is 1. The summed E-state index contributed by atoms with van der Waals surface area (Å²) in [6, 6.07) is 17.2. The Bertz CT molecular complexity index is 1210. The van der Waals surface area contributed by atoms with Crippen molar-refractivity contribution in [1.29, 1.82) is 0 Å². The smallest absolute Gasteiger partial charge is 0.274 e. The van der Waals surface area contributed by atoms with Crippen LogP contribution in [0.1, 0.15) is 11.3 Å². The quantitative estimate of drug-likeness (QED) is 0.220. The molecule has 30 heavy (non-hydrogen) atoms. The van der Waals surface area contributed by atoms with E-state index in [-0.39, 0.29) is 11.6 Å². The lowest BCUT2D eigenvalue weighted by atomic mass is 10.2. The number of nitrogens with zero attached hydrogens (tertiary/aromatic N) is 3. The van der Waals surface area contributed by atoms with Gasteiger partial charge in [0, 0.05) is 28.5 Å². The molecule has 1 aliphatic rings. The molecule has 9 heteroatoms. The number of hydrogen-bond acceptors (Lipinski definition) is 5. The first kappa shape index (κ1) is 20.3. The Kier molecular flexibility index (Phi) is 5.72. The third kappa shape index (κ3) is 4.02. The van der Waals surface area contributed by atoms with E-state index in [1.807, 2.05) is 22.9 Å². The van der Waals surface area contributed by atoms with Crippen molar-refractivity contribution in [3.63, 3.8) is 0 Å². The predicted molar refractivity (Wildman–Crippen MR) is 124 cm³/mol. The molecule has 1 amide bonds. The maximum atomic E-state index is 13.0. The van der Waals surface area contributed by atoms with Crippen molar-refractivity contribution in [2.45, 2.75) is 6.54 Å². The number of anilines is 1. The number of nitro groups is 1. The van der Waals surface area contributed by atoms with Gasteiger partial charge in [-0.2, -0.15) is 0 Å². The van der Waals surface area contributed by atoms with Gasteiger partial charge in [0.2, 0.25) is 0 Å². The van der Waals surface area contributed by atoms with Crippen LogP contribution >= 0.6 is 35.6 Å². The van der Waals surface area contributed by atoms with Gasteiger partial charge in [-0.05, 0) is 36.4 Å². The van der Waals surface area contributed by atoms with Gasteiger partial charge in [-0.25, -0.2) is 0 Å². The van der Waals surface area contributed by atoms with E-state index in [9.17, 15) is 14.9 Å². The lowest BCUT2D eigenvalue weighted by Gasteiger charge is -2.14. The molecule has 0 bridgehead atoms. The van der Waals surface area contributed by atoms with E-state index in [0.717, 1.165) is 5.69 Å². The van der Waals surface area contributed by atoms with Gasteiger partial charge < -0.3 is 4.57 Å². The Morgan fingerprint density at radius 2 is 1.93 bits per heavy atom. The molecule has 0 saturated carbocycles. The van der Waals surface area contributed by atoms with Crippen LogP contribution in [-0.2, 0) is 11.3 Å². The summed E-state index contributed by atoms with van der Waals surface area (Å²) in [7, 11) is 0. The molecular formula is C21H14ClN3O3S2. The largest absolute Gasteiger partial charge is 0.343 e. The minimum absolute atomic E-state index is 0.0597. The number of hydrogen-bond donors (Lipinski definition) is 0. The molecule has 0 unspecified atom stereocenters. The summed E-state index contributed by atoms with van der Waals surface area (Å²) >= 11 is 12.7. The highest BCUT2D eigenvalue weighted by Crippen LogP contribution is 2.36. The van der Waals surface area contributed by atoms with Gasteiger partial charge in [0.15, 0.2) is 4.32 Å². The average molecular weight is 456 g/mol. The fourth-order valence-electron chi connectivity index (χ4n) is 3.15. The van der Waals surface area contributed by atoms with E-state index >= 15 is 0 Å². The van der Waals surface area contributed by atoms with Crippen LogP contribution in [0.4, 0.5) is 11.4 Å². The summed E-state index contributed by atoms with van der Waals surface area (Å²) in [5.74, 6) is -0.231. The number of rotatable bonds is 5. The van der Waals surface area contributed by atoms with E-state index in [1.165, 1.54) is 22.7 Å². The Labute approximate surface area is 186 Å². The molecule has 2 aromatic carbocycles. The number of carbonyl (C=O) groups is 1. The first-order valence-electron chi connectivity index (χ1n) is 8.85. The molecule has 0 aliphatic carbocycles. The van der Waals surface area contributed by atoms with E-state index < -0.39 is 4.92 Å². The third-order valence-corrected chi connectivity index (χ3v) is 6.07. The summed E-state index contributed by atoms with van der Waals surface area (Å²) in [5, 5.41) is 11.8. The molecular weight excluding hydrogens is 442 g/mol. The zero-order valence-corrected chi connectivity index (χ0v) is 17.8. The van der Waals surface area contributed by atoms with E-state index in [0.29, 0.717) is 32.0 Å². The van der Waals surface area contributed by atoms with Gasteiger partial charge in [0.1, 0.15) is 0 Å². The van der Waals surface area contributed by atoms with E-state index in [2.05, 4.69) is 0 Å². The number of amides is 1. The molecule has 0 spiro atoms. The number of benzene rings is 2. The van der Waals surface area contributed by atoms with E-state index in [1.54, 1.807) is 48.5 Å². The molecule has 3 aromatic rings. The Morgan fingerprint density at radius 1 is 1.13 bits per heavy atom. The number of thiocarbonyl (C=S) groups is 1. The number of halogens is 1. The lowest BCUT2D eigenvalue weighted by molar-refractivity contribution is -0.385. The monoisotopic (exact) mass is 455 g/mol. The van der Waals surface area contributed by atoms with Gasteiger partial charge in [-0.3, -0.25) is 19.8 Å². The molecule has 1 fully saturated rings. The standard InChI is InChI=1S/C21H14ClN3O3S2/c22-15-6-3-7-17(11-15)24-20(26)19(30-21(24)29)12-16-8-4-10-23(16)13-14-5-1-2-9-18(14)25(27)28/h1-12H,13H2/b19-12-. The Hall–Kier alpha value is -2.94. The predicted octanol–water partition coefficient (Wildman–Crippen LogP) is 5.50. The van der Waals surface area contributed by atoms with Gasteiger partial charge in [-0.15, -0.1) is 0 Å². The number of carbonyl (C=O) groups excluding carboxylic acids is 1. The minimum Gasteiger partial charge on any atom is -0.343 e. The highest BCUT2D eigenvalue weighted by atomic mass is 35.5. The zero-order chi connectivity index (χ0) is 21.3. The molecule has 1 aliphatic heterocycles. The molecule has 4 rings (SSSR count). The number of nitro benzene ring substituents is 1. The van der Waals surface area contributed by atoms with Gasteiger partial charge in [0.05, 0.1) is 22.1 Å². The molecule has 0 radical (unpaired) electrons. The molecule has 1 aromatic heterocycles. The molecule has 0 atom stereocenters. The highest BCUT2D eigenvalue weighted by molar-refractivity contribution is 8.27. The number of para-hydroxylation sites is 1. The first-order chi connectivity index (χ1) is 14.4. The fourth-order valence-corrected chi connectivity index (χ4v) is 4.62. The molecule has 0 N–H and O–H groups in total. The van der Waals surface area contributed by atoms with Crippen molar-refractivity contribution in [3.05, 3.63) is 98.2 Å². The normalized spacial score (nSPS) is 15.2. The first-order valence-corrected chi connectivity index (χ1v) is 10.5. The van der Waals surface area contributed by atoms with Crippen molar-refractivity contribution in [2.24, 2.45) is 0 Å². The molecule has 1 saturated heterocycles. The maximum absolute atomic E-state index is 13.0. The van der Waals surface area contributed by atoms with Gasteiger partial charge >= 0.3 is 0 Å². The fraction of sp³-hybridized carbons (Fsp3) is 0.0476. The summed E-state index contributed by atoms with van der Waals surface area (Å²) in [4.78, 5) is 25.8. The highest BCUT2D eigenvalue weighted by Gasteiger charge is 2.33. The molecule has 6 nitrogen and oxygen atoms in total. The van der Waals surface area contributed by atoms with Crippen molar-refractivity contribution in [3.8, 4) is 0 Å². The van der Waals surface area contributed by atoms with Crippen LogP contribution in [0.2, 0.25) is 5.02 Å². The van der Waals surface area contributed by atoms with Crippen molar-refractivity contribution in [2.75, 3.05) is 4.90 Å².